The Kier molecular flexibility index (Phi) is 9.39. The summed E-state index contributed by atoms with van der Waals surface area (Å²) in [6, 6.07) is 4.31. The number of amides is 2. The van der Waals surface area contributed by atoms with Crippen molar-refractivity contribution in [3.8, 4) is 17.0 Å². The van der Waals surface area contributed by atoms with Gasteiger partial charge in [-0.3, -0.25) is 19.3 Å². The number of nitrogens with zero attached hydrogens (tertiary/aromatic N) is 5. The zero-order chi connectivity index (χ0) is 28.1. The van der Waals surface area contributed by atoms with Crippen LogP contribution in [0.1, 0.15) is 6.92 Å². The van der Waals surface area contributed by atoms with Crippen LogP contribution in [0.25, 0.3) is 11.3 Å². The summed E-state index contributed by atoms with van der Waals surface area (Å²) in [5.41, 5.74) is 0.313. The van der Waals surface area contributed by atoms with Crippen molar-refractivity contribution >= 4 is 40.6 Å². The van der Waals surface area contributed by atoms with Crippen LogP contribution in [0.15, 0.2) is 29.4 Å². The molecule has 11 nitrogen and oxygen atoms in total. The molecule has 1 atom stereocenters. The number of ether oxygens (including phenoxy) is 1. The van der Waals surface area contributed by atoms with Gasteiger partial charge in [0, 0.05) is 55.7 Å². The van der Waals surface area contributed by atoms with Crippen LogP contribution in [0.5, 0.6) is 5.75 Å². The number of rotatable bonds is 10. The lowest BCUT2D eigenvalue weighted by atomic mass is 10.0. The van der Waals surface area contributed by atoms with Gasteiger partial charge in [0.2, 0.25) is 11.8 Å². The average molecular weight is 553 g/mol. The van der Waals surface area contributed by atoms with Gasteiger partial charge in [-0.1, -0.05) is 11.6 Å². The number of nitrogens with one attached hydrogen (secondary N) is 3. The quantitative estimate of drug-likeness (QED) is 0.307. The van der Waals surface area contributed by atoms with Gasteiger partial charge in [0.25, 0.3) is 0 Å². The van der Waals surface area contributed by atoms with Gasteiger partial charge in [-0.25, -0.2) is 0 Å². The lowest BCUT2D eigenvalue weighted by molar-refractivity contribution is -0.138. The fourth-order valence-corrected chi connectivity index (χ4v) is 4.19. The second-order valence-corrected chi connectivity index (χ2v) is 9.42. The summed E-state index contributed by atoms with van der Waals surface area (Å²) < 4.78 is 32.3. The van der Waals surface area contributed by atoms with Crippen LogP contribution >= 0.6 is 11.6 Å². The summed E-state index contributed by atoms with van der Waals surface area (Å²) in [6.07, 6.45) is 1.43. The molecule has 1 aromatic heterocycles. The number of aliphatic imine (C=N–C) groups is 1. The zero-order valence-corrected chi connectivity index (χ0v) is 22.5. The number of hydrogen-bond donors (Lipinski definition) is 3. The molecule has 206 valence electrons. The number of benzene rings is 1. The fourth-order valence-electron chi connectivity index (χ4n) is 4.02. The lowest BCUT2D eigenvalue weighted by Gasteiger charge is -2.42. The summed E-state index contributed by atoms with van der Waals surface area (Å²) in [4.78, 5) is 33.8. The first-order chi connectivity index (χ1) is 17.9. The molecule has 0 radical (unpaired) electrons. The van der Waals surface area contributed by atoms with Gasteiger partial charge < -0.3 is 30.6 Å². The third-order valence-electron chi connectivity index (χ3n) is 6.14. The molecule has 1 aromatic carbocycles. The van der Waals surface area contributed by atoms with Gasteiger partial charge in [-0.15, -0.1) is 0 Å². The van der Waals surface area contributed by atoms with Crippen molar-refractivity contribution in [1.82, 2.24) is 24.9 Å². The monoisotopic (exact) mass is 552 g/mol. The molecule has 3 rings (SSSR count). The molecule has 2 heterocycles. The molecule has 1 saturated heterocycles. The highest BCUT2D eigenvalue weighted by Gasteiger charge is 2.33. The van der Waals surface area contributed by atoms with E-state index in [1.165, 1.54) is 43.0 Å². The number of carbonyl (C=O) groups is 2. The maximum atomic E-state index is 13.3. The van der Waals surface area contributed by atoms with Crippen molar-refractivity contribution in [3.05, 3.63) is 29.4 Å². The van der Waals surface area contributed by atoms with E-state index in [4.69, 9.17) is 17.0 Å². The van der Waals surface area contributed by atoms with Crippen molar-refractivity contribution in [2.75, 3.05) is 46.6 Å². The van der Waals surface area contributed by atoms with E-state index in [0.717, 1.165) is 0 Å². The van der Waals surface area contributed by atoms with Gasteiger partial charge in [-0.05, 0) is 39.2 Å². The van der Waals surface area contributed by atoms with Gasteiger partial charge in [0.15, 0.2) is 0 Å². The second kappa shape index (κ2) is 12.3. The number of amidine groups is 1. The van der Waals surface area contributed by atoms with Crippen molar-refractivity contribution in [1.29, 1.82) is 5.41 Å². The van der Waals surface area contributed by atoms with Gasteiger partial charge in [0.1, 0.15) is 29.7 Å². The Morgan fingerprint density at radius 1 is 1.34 bits per heavy atom. The number of aromatic nitrogens is 2. The average Bonchev–Trinajstić information content (AvgIpc) is 3.17. The SMILES string of the molecule is CN=C(NC)C(C(C)=N)C(=O)Nc1cn(CC(=O)N2CC(N(C)C)C2)nc1-c1cc(Cl)ccc1OC(F)F. The van der Waals surface area contributed by atoms with E-state index in [0.29, 0.717) is 13.1 Å². The normalized spacial score (nSPS) is 14.9. The molecule has 3 N–H and O–H groups in total. The highest BCUT2D eigenvalue weighted by Crippen LogP contribution is 2.37. The third kappa shape index (κ3) is 6.64. The van der Waals surface area contributed by atoms with Gasteiger partial charge in [0.05, 0.1) is 5.69 Å². The van der Waals surface area contributed by atoms with Crippen molar-refractivity contribution < 1.29 is 23.1 Å². The van der Waals surface area contributed by atoms with Crippen LogP contribution in [0.3, 0.4) is 0 Å². The van der Waals surface area contributed by atoms with E-state index < -0.39 is 18.4 Å². The molecule has 1 unspecified atom stereocenters. The Morgan fingerprint density at radius 2 is 2.03 bits per heavy atom. The van der Waals surface area contributed by atoms with Gasteiger partial charge in [-0.2, -0.15) is 13.9 Å². The number of hydrogen-bond acceptors (Lipinski definition) is 7. The highest BCUT2D eigenvalue weighted by atomic mass is 35.5. The minimum atomic E-state index is -3.11. The summed E-state index contributed by atoms with van der Waals surface area (Å²) in [6.45, 7) is -0.632. The fraction of sp³-hybridized carbons (Fsp3) is 0.458. The Labute approximate surface area is 224 Å². The molecule has 1 aliphatic heterocycles. The second-order valence-electron chi connectivity index (χ2n) is 8.99. The van der Waals surface area contributed by atoms with E-state index in [9.17, 15) is 18.4 Å². The van der Waals surface area contributed by atoms with Crippen molar-refractivity contribution in [2.24, 2.45) is 10.9 Å². The maximum Gasteiger partial charge on any atom is 0.387 e. The highest BCUT2D eigenvalue weighted by molar-refractivity contribution is 6.31. The largest absolute Gasteiger partial charge is 0.434 e. The standard InChI is InChI=1S/C24H31ClF2N8O3/c1-13(28)20(22(29-2)30-3)23(37)31-17-11-35(12-19(36)34-9-15(10-34)33(4)5)32-21(17)16-8-14(25)6-7-18(16)38-24(26)27/h6-8,11,15,20,24,28H,9-10,12H2,1-5H3,(H,29,30)(H,31,37). The first kappa shape index (κ1) is 29.0. The van der Waals surface area contributed by atoms with Crippen molar-refractivity contribution in [3.63, 3.8) is 0 Å². The minimum Gasteiger partial charge on any atom is -0.434 e. The lowest BCUT2D eigenvalue weighted by Crippen LogP contribution is -2.59. The molecule has 1 fully saturated rings. The summed E-state index contributed by atoms with van der Waals surface area (Å²) in [5.74, 6) is -1.78. The predicted octanol–water partition coefficient (Wildman–Crippen LogP) is 2.42. The molecule has 0 spiro atoms. The first-order valence-electron chi connectivity index (χ1n) is 11.7. The Balaban J connectivity index is 1.99. The smallest absolute Gasteiger partial charge is 0.387 e. The number of halogens is 3. The summed E-state index contributed by atoms with van der Waals surface area (Å²) in [5, 5.41) is 18.3. The van der Waals surface area contributed by atoms with Gasteiger partial charge >= 0.3 is 6.61 Å². The third-order valence-corrected chi connectivity index (χ3v) is 6.38. The minimum absolute atomic E-state index is 0.0271. The predicted molar refractivity (Wildman–Crippen MR) is 141 cm³/mol. The summed E-state index contributed by atoms with van der Waals surface area (Å²) in [7, 11) is 6.95. The molecule has 2 aromatic rings. The van der Waals surface area contributed by atoms with E-state index in [1.807, 2.05) is 19.0 Å². The van der Waals surface area contributed by atoms with Crippen LogP contribution < -0.4 is 15.4 Å². The topological polar surface area (TPSA) is 128 Å². The van der Waals surface area contributed by atoms with E-state index in [2.05, 4.69) is 25.5 Å². The maximum absolute atomic E-state index is 13.3. The Hall–Kier alpha value is -3.58. The first-order valence-corrected chi connectivity index (χ1v) is 12.1. The molecule has 14 heteroatoms. The molecule has 2 amide bonds. The number of likely N-dealkylation sites (N-methyl/N-ethyl adjacent to an activating group) is 1. The number of carbonyl (C=O) groups excluding carboxylic acids is 2. The number of alkyl halides is 2. The number of likely N-dealkylation sites (tertiary alicyclic amines) is 1. The summed E-state index contributed by atoms with van der Waals surface area (Å²) >= 11 is 6.15. The molecule has 1 aliphatic rings. The molecular formula is C24H31ClF2N8O3. The van der Waals surface area contributed by atoms with Crippen LogP contribution in [0, 0.1) is 11.3 Å². The van der Waals surface area contributed by atoms with E-state index >= 15 is 0 Å². The number of anilines is 1. The van der Waals surface area contributed by atoms with E-state index in [-0.39, 0.29) is 57.8 Å². The van der Waals surface area contributed by atoms with Crippen molar-refractivity contribution in [2.45, 2.75) is 26.1 Å². The molecule has 38 heavy (non-hydrogen) atoms. The zero-order valence-electron chi connectivity index (χ0n) is 21.8. The van der Waals surface area contributed by atoms with Crippen LogP contribution in [0.4, 0.5) is 14.5 Å². The Bertz CT molecular complexity index is 1230. The molecular weight excluding hydrogens is 522 g/mol. The van der Waals surface area contributed by atoms with Crippen LogP contribution in [-0.4, -0.2) is 96.9 Å². The molecule has 0 aliphatic carbocycles. The van der Waals surface area contributed by atoms with E-state index in [1.54, 1.807) is 11.9 Å². The van der Waals surface area contributed by atoms with Crippen LogP contribution in [0.2, 0.25) is 5.02 Å². The van der Waals surface area contributed by atoms with Crippen LogP contribution in [-0.2, 0) is 16.1 Å². The molecule has 0 bridgehead atoms. The molecule has 0 saturated carbocycles. The Morgan fingerprint density at radius 3 is 2.58 bits per heavy atom.